The molecule has 0 aliphatic carbocycles. The Hall–Kier alpha value is -2.93. The van der Waals surface area contributed by atoms with Gasteiger partial charge in [0.05, 0.1) is 12.2 Å². The van der Waals surface area contributed by atoms with Crippen molar-refractivity contribution < 1.29 is 28.2 Å². The molecule has 0 spiro atoms. The molecule has 0 unspecified atom stereocenters. The van der Waals surface area contributed by atoms with E-state index in [9.17, 15) is 14.0 Å². The van der Waals surface area contributed by atoms with Crippen molar-refractivity contribution in [3.05, 3.63) is 65.5 Å². The van der Waals surface area contributed by atoms with Crippen LogP contribution in [0.2, 0.25) is 0 Å². The quantitative estimate of drug-likeness (QED) is 0.696. The average Bonchev–Trinajstić information content (AvgIpc) is 2.71. The molecule has 0 aromatic heterocycles. The fourth-order valence-electron chi connectivity index (χ4n) is 3.18. The van der Waals surface area contributed by atoms with Crippen LogP contribution in [0.5, 0.6) is 5.75 Å². The van der Waals surface area contributed by atoms with E-state index in [0.717, 1.165) is 5.56 Å². The highest BCUT2D eigenvalue weighted by atomic mass is 19.1. The number of hydrogen-bond donors (Lipinski definition) is 0. The van der Waals surface area contributed by atoms with Gasteiger partial charge in [-0.05, 0) is 43.7 Å². The predicted molar refractivity (Wildman–Crippen MR) is 104 cm³/mol. The summed E-state index contributed by atoms with van der Waals surface area (Å²) in [7, 11) is 0. The number of morpholine rings is 1. The highest BCUT2D eigenvalue weighted by molar-refractivity contribution is 5.94. The molecule has 1 aliphatic heterocycles. The third kappa shape index (κ3) is 5.77. The largest absolute Gasteiger partial charge is 0.488 e. The Morgan fingerprint density at radius 3 is 2.41 bits per heavy atom. The van der Waals surface area contributed by atoms with Crippen LogP contribution < -0.4 is 4.74 Å². The third-order valence-corrected chi connectivity index (χ3v) is 4.51. The molecule has 2 atom stereocenters. The minimum Gasteiger partial charge on any atom is -0.488 e. The second-order valence-electron chi connectivity index (χ2n) is 7.04. The van der Waals surface area contributed by atoms with Gasteiger partial charge in [-0.1, -0.05) is 24.3 Å². The van der Waals surface area contributed by atoms with Gasteiger partial charge in [0.1, 0.15) is 23.7 Å². The van der Waals surface area contributed by atoms with Crippen molar-refractivity contribution in [2.24, 2.45) is 0 Å². The van der Waals surface area contributed by atoms with Crippen molar-refractivity contribution in [3.8, 4) is 5.75 Å². The number of esters is 1. The molecule has 29 heavy (non-hydrogen) atoms. The van der Waals surface area contributed by atoms with Gasteiger partial charge < -0.3 is 19.1 Å². The molecule has 1 fully saturated rings. The molecule has 1 saturated heterocycles. The van der Waals surface area contributed by atoms with E-state index in [2.05, 4.69) is 0 Å². The Bertz CT molecular complexity index is 845. The summed E-state index contributed by atoms with van der Waals surface area (Å²) in [5.74, 6) is -0.887. The second kappa shape index (κ2) is 9.52. The summed E-state index contributed by atoms with van der Waals surface area (Å²) in [4.78, 5) is 26.5. The van der Waals surface area contributed by atoms with Gasteiger partial charge in [-0.15, -0.1) is 0 Å². The van der Waals surface area contributed by atoms with E-state index in [1.165, 1.54) is 12.1 Å². The molecular weight excluding hydrogens is 377 g/mol. The monoisotopic (exact) mass is 401 g/mol. The molecule has 2 aromatic carbocycles. The van der Waals surface area contributed by atoms with Crippen LogP contribution in [-0.4, -0.2) is 48.7 Å². The lowest BCUT2D eigenvalue weighted by atomic mass is 10.2. The Balaban J connectivity index is 1.58. The maximum absolute atomic E-state index is 13.0. The first kappa shape index (κ1) is 20.8. The van der Waals surface area contributed by atoms with Crippen LogP contribution in [0, 0.1) is 5.82 Å². The Morgan fingerprint density at radius 1 is 1.07 bits per heavy atom. The molecule has 154 valence electrons. The molecule has 6 nitrogen and oxygen atoms in total. The lowest BCUT2D eigenvalue weighted by molar-refractivity contribution is -0.146. The van der Waals surface area contributed by atoms with Crippen LogP contribution >= 0.6 is 0 Å². The summed E-state index contributed by atoms with van der Waals surface area (Å²) in [5.41, 5.74) is 0.992. The molecule has 2 aromatic rings. The van der Waals surface area contributed by atoms with E-state index < -0.39 is 5.97 Å². The first-order chi connectivity index (χ1) is 13.9. The van der Waals surface area contributed by atoms with E-state index in [1.54, 1.807) is 41.3 Å². The van der Waals surface area contributed by atoms with Gasteiger partial charge in [-0.25, -0.2) is 9.18 Å². The molecule has 1 heterocycles. The summed E-state index contributed by atoms with van der Waals surface area (Å²) >= 11 is 0. The fraction of sp³-hybridized carbons (Fsp3) is 0.364. The summed E-state index contributed by atoms with van der Waals surface area (Å²) in [5, 5.41) is 0. The number of carbonyl (C=O) groups is 2. The van der Waals surface area contributed by atoms with E-state index in [4.69, 9.17) is 14.2 Å². The molecule has 0 bridgehead atoms. The molecule has 1 aliphatic rings. The standard InChI is InChI=1S/C22H24FNO5/c1-15-11-24(12-16(2)29-15)21(25)14-28-22(26)19-5-3-4-6-20(19)27-13-17-7-9-18(23)10-8-17/h3-10,15-16H,11-14H2,1-2H3/t15-,16+. The van der Waals surface area contributed by atoms with Gasteiger partial charge in [0, 0.05) is 13.1 Å². The van der Waals surface area contributed by atoms with Crippen molar-refractivity contribution in [2.45, 2.75) is 32.7 Å². The maximum atomic E-state index is 13.0. The first-order valence-corrected chi connectivity index (χ1v) is 9.49. The second-order valence-corrected chi connectivity index (χ2v) is 7.04. The van der Waals surface area contributed by atoms with Crippen LogP contribution in [0.25, 0.3) is 0 Å². The molecule has 0 saturated carbocycles. The molecule has 0 radical (unpaired) electrons. The number of nitrogens with zero attached hydrogens (tertiary/aromatic N) is 1. The number of rotatable bonds is 6. The van der Waals surface area contributed by atoms with Gasteiger partial charge in [-0.2, -0.15) is 0 Å². The zero-order valence-corrected chi connectivity index (χ0v) is 16.5. The van der Waals surface area contributed by atoms with Gasteiger partial charge in [0.15, 0.2) is 6.61 Å². The van der Waals surface area contributed by atoms with E-state index in [1.807, 2.05) is 13.8 Å². The van der Waals surface area contributed by atoms with Crippen LogP contribution in [0.4, 0.5) is 4.39 Å². The van der Waals surface area contributed by atoms with Crippen LogP contribution in [0.1, 0.15) is 29.8 Å². The van der Waals surface area contributed by atoms with Gasteiger partial charge >= 0.3 is 5.97 Å². The smallest absolute Gasteiger partial charge is 0.342 e. The van der Waals surface area contributed by atoms with Gasteiger partial charge in [0.25, 0.3) is 5.91 Å². The van der Waals surface area contributed by atoms with Crippen molar-refractivity contribution in [3.63, 3.8) is 0 Å². The number of benzene rings is 2. The number of amides is 1. The topological polar surface area (TPSA) is 65.1 Å². The SMILES string of the molecule is C[C@@H]1CN(C(=O)COC(=O)c2ccccc2OCc2ccc(F)cc2)C[C@H](C)O1. The summed E-state index contributed by atoms with van der Waals surface area (Å²) in [6.07, 6.45) is -0.113. The molecule has 3 rings (SSSR count). The fourth-order valence-corrected chi connectivity index (χ4v) is 3.18. The summed E-state index contributed by atoms with van der Waals surface area (Å²) in [6, 6.07) is 12.6. The molecule has 1 amide bonds. The summed E-state index contributed by atoms with van der Waals surface area (Å²) in [6.45, 7) is 4.57. The van der Waals surface area contributed by atoms with E-state index >= 15 is 0 Å². The van der Waals surface area contributed by atoms with Crippen molar-refractivity contribution in [2.75, 3.05) is 19.7 Å². The molecule has 7 heteroatoms. The van der Waals surface area contributed by atoms with Crippen LogP contribution in [0.3, 0.4) is 0 Å². The van der Waals surface area contributed by atoms with Crippen molar-refractivity contribution in [1.82, 2.24) is 4.90 Å². The normalized spacial score (nSPS) is 18.9. The molecular formula is C22H24FNO5. The summed E-state index contributed by atoms with van der Waals surface area (Å²) < 4.78 is 29.5. The minimum absolute atomic E-state index is 0.0565. The highest BCUT2D eigenvalue weighted by Gasteiger charge is 2.26. The number of carbonyl (C=O) groups excluding carboxylic acids is 2. The van der Waals surface area contributed by atoms with Gasteiger partial charge in [0.2, 0.25) is 0 Å². The number of halogens is 1. The molecule has 0 N–H and O–H groups in total. The maximum Gasteiger partial charge on any atom is 0.342 e. The highest BCUT2D eigenvalue weighted by Crippen LogP contribution is 2.21. The third-order valence-electron chi connectivity index (χ3n) is 4.51. The van der Waals surface area contributed by atoms with E-state index in [-0.39, 0.29) is 42.7 Å². The lowest BCUT2D eigenvalue weighted by Crippen LogP contribution is -2.49. The minimum atomic E-state index is -0.637. The first-order valence-electron chi connectivity index (χ1n) is 9.49. The average molecular weight is 401 g/mol. The number of ether oxygens (including phenoxy) is 3. The Morgan fingerprint density at radius 2 is 1.72 bits per heavy atom. The Kier molecular flexibility index (Phi) is 6.82. The van der Waals surface area contributed by atoms with E-state index in [0.29, 0.717) is 18.8 Å². The number of para-hydroxylation sites is 1. The van der Waals surface area contributed by atoms with Crippen molar-refractivity contribution in [1.29, 1.82) is 0 Å². The zero-order valence-electron chi connectivity index (χ0n) is 16.5. The number of hydrogen-bond acceptors (Lipinski definition) is 5. The zero-order chi connectivity index (χ0) is 20.8. The van der Waals surface area contributed by atoms with Crippen LogP contribution in [-0.2, 0) is 20.9 Å². The van der Waals surface area contributed by atoms with Gasteiger partial charge in [-0.3, -0.25) is 4.79 Å². The van der Waals surface area contributed by atoms with Crippen molar-refractivity contribution >= 4 is 11.9 Å². The van der Waals surface area contributed by atoms with Crippen LogP contribution in [0.15, 0.2) is 48.5 Å². The Labute approximate surface area is 169 Å². The lowest BCUT2D eigenvalue weighted by Gasteiger charge is -2.35. The predicted octanol–water partition coefficient (Wildman–Crippen LogP) is 3.20.